The molecule has 4 atom stereocenters. The lowest BCUT2D eigenvalue weighted by molar-refractivity contribution is -0.152. The SMILES string of the molecule is CCCNC(=O)CCCCCN(C)C(=O)[C@@H]1CCCN1C(=O)[C@@H]1CCCN1C(=O)[C@@H]1CCCN1C(=O)[C@@H]1CCCN1C(=O)OCC1c2ccccc2-c2ccccc21. The van der Waals surface area contributed by atoms with Gasteiger partial charge < -0.3 is 29.7 Å². The van der Waals surface area contributed by atoms with Crippen LogP contribution in [0.4, 0.5) is 4.79 Å². The van der Waals surface area contributed by atoms with Crippen molar-refractivity contribution in [1.82, 2.24) is 29.8 Å². The Balaban J connectivity index is 0.931. The maximum atomic E-state index is 14.3. The number of carbonyl (C=O) groups is 6. The fourth-order valence-electron chi connectivity index (χ4n) is 9.88. The lowest BCUT2D eigenvalue weighted by Gasteiger charge is -2.35. The van der Waals surface area contributed by atoms with Crippen molar-refractivity contribution < 1.29 is 33.5 Å². The van der Waals surface area contributed by atoms with E-state index in [4.69, 9.17) is 4.74 Å². The van der Waals surface area contributed by atoms with Crippen LogP contribution >= 0.6 is 0 Å². The summed E-state index contributed by atoms with van der Waals surface area (Å²) in [4.78, 5) is 90.1. The number of carbonyl (C=O) groups excluding carboxylic acids is 6. The predicted molar refractivity (Wildman–Crippen MR) is 218 cm³/mol. The maximum Gasteiger partial charge on any atom is 0.410 e. The number of fused-ring (bicyclic) bond motifs is 3. The van der Waals surface area contributed by atoms with E-state index in [9.17, 15) is 28.8 Å². The Hall–Kier alpha value is -4.94. The molecule has 7 rings (SSSR count). The third kappa shape index (κ3) is 8.59. The molecule has 2 aromatic rings. The van der Waals surface area contributed by atoms with Gasteiger partial charge in [-0.05, 0) is 92.9 Å². The third-order valence-corrected chi connectivity index (χ3v) is 12.9. The molecule has 0 unspecified atom stereocenters. The molecule has 0 spiro atoms. The topological polar surface area (TPSA) is 140 Å². The average molecular weight is 797 g/mol. The van der Waals surface area contributed by atoms with Gasteiger partial charge in [-0.2, -0.15) is 0 Å². The number of nitrogens with one attached hydrogen (secondary N) is 1. The fourth-order valence-corrected chi connectivity index (χ4v) is 9.88. The molecule has 0 saturated carbocycles. The van der Waals surface area contributed by atoms with E-state index in [2.05, 4.69) is 29.6 Å². The zero-order valence-corrected chi connectivity index (χ0v) is 34.2. The van der Waals surface area contributed by atoms with E-state index in [-0.39, 0.29) is 42.1 Å². The first-order valence-electron chi connectivity index (χ1n) is 21.7. The van der Waals surface area contributed by atoms with E-state index < -0.39 is 30.3 Å². The molecule has 13 nitrogen and oxygen atoms in total. The second-order valence-electron chi connectivity index (χ2n) is 16.6. The summed E-state index contributed by atoms with van der Waals surface area (Å²) in [7, 11) is 1.77. The maximum absolute atomic E-state index is 14.3. The second kappa shape index (κ2) is 18.8. The minimum absolute atomic E-state index is 0.0598. The summed E-state index contributed by atoms with van der Waals surface area (Å²) in [5.74, 6) is -0.781. The van der Waals surface area contributed by atoms with E-state index in [0.29, 0.717) is 90.6 Å². The molecule has 4 saturated heterocycles. The van der Waals surface area contributed by atoms with Gasteiger partial charge in [0.15, 0.2) is 0 Å². The molecule has 4 aliphatic heterocycles. The highest BCUT2D eigenvalue weighted by atomic mass is 16.6. The average Bonchev–Trinajstić information content (AvgIpc) is 4.10. The number of amides is 6. The summed E-state index contributed by atoms with van der Waals surface area (Å²) < 4.78 is 5.96. The normalized spacial score (nSPS) is 22.6. The van der Waals surface area contributed by atoms with E-state index in [0.717, 1.165) is 54.4 Å². The van der Waals surface area contributed by atoms with Crippen molar-refractivity contribution in [3.05, 3.63) is 59.7 Å². The van der Waals surface area contributed by atoms with Gasteiger partial charge in [0.05, 0.1) is 0 Å². The Labute approximate surface area is 342 Å². The Bertz CT molecular complexity index is 1810. The minimum atomic E-state index is -0.710. The van der Waals surface area contributed by atoms with Crippen LogP contribution in [-0.2, 0) is 28.7 Å². The number of rotatable bonds is 14. The van der Waals surface area contributed by atoms with Crippen molar-refractivity contribution in [1.29, 1.82) is 0 Å². The standard InChI is InChI=1S/C45H60N6O7/c1-3-24-46-40(52)23-5-4-10-25-47(2)41(53)36-19-11-26-48(36)42(54)37-20-12-27-49(37)43(55)38-21-13-28-50(38)44(56)39-22-14-29-51(39)45(57)58-30-35-33-17-8-6-15-31(33)32-16-7-9-18-34(32)35/h6-9,15-18,35-39H,3-5,10-14,19-30H2,1-2H3,(H,46,52)/t36-,37-,38-,39-/m0/s1. The van der Waals surface area contributed by atoms with Crippen LogP contribution in [0.5, 0.6) is 0 Å². The van der Waals surface area contributed by atoms with Crippen LogP contribution in [0.25, 0.3) is 11.1 Å². The van der Waals surface area contributed by atoms with Gasteiger partial charge in [-0.15, -0.1) is 0 Å². The molecule has 4 heterocycles. The van der Waals surface area contributed by atoms with Crippen LogP contribution in [0.15, 0.2) is 48.5 Å². The zero-order chi connectivity index (χ0) is 40.8. The van der Waals surface area contributed by atoms with Crippen molar-refractivity contribution >= 4 is 35.6 Å². The summed E-state index contributed by atoms with van der Waals surface area (Å²) in [6.45, 7) is 5.13. The van der Waals surface area contributed by atoms with Crippen LogP contribution in [0, 0.1) is 0 Å². The monoisotopic (exact) mass is 796 g/mol. The van der Waals surface area contributed by atoms with Gasteiger partial charge in [0, 0.05) is 58.7 Å². The molecule has 4 fully saturated rings. The van der Waals surface area contributed by atoms with Crippen LogP contribution in [-0.4, -0.2) is 137 Å². The van der Waals surface area contributed by atoms with Gasteiger partial charge in [0.1, 0.15) is 30.8 Å². The summed E-state index contributed by atoms with van der Waals surface area (Å²) >= 11 is 0. The Morgan fingerprint density at radius 1 is 0.655 bits per heavy atom. The Morgan fingerprint density at radius 2 is 1.14 bits per heavy atom. The van der Waals surface area contributed by atoms with Gasteiger partial charge in [-0.3, -0.25) is 28.9 Å². The molecule has 0 radical (unpaired) electrons. The van der Waals surface area contributed by atoms with Crippen molar-refractivity contribution in [2.75, 3.05) is 52.9 Å². The summed E-state index contributed by atoms with van der Waals surface area (Å²) in [6, 6.07) is 13.7. The van der Waals surface area contributed by atoms with Crippen LogP contribution in [0.2, 0.25) is 0 Å². The van der Waals surface area contributed by atoms with E-state index in [1.807, 2.05) is 31.2 Å². The Kier molecular flexibility index (Phi) is 13.3. The number of likely N-dealkylation sites (tertiary alicyclic amines) is 4. The largest absolute Gasteiger partial charge is 0.448 e. The number of benzene rings is 2. The van der Waals surface area contributed by atoms with Crippen LogP contribution in [0.3, 0.4) is 0 Å². The number of unbranched alkanes of at least 4 members (excludes halogenated alkanes) is 2. The minimum Gasteiger partial charge on any atom is -0.448 e. The van der Waals surface area contributed by atoms with Gasteiger partial charge in [-0.25, -0.2) is 4.79 Å². The van der Waals surface area contributed by atoms with Crippen molar-refractivity contribution in [2.45, 2.75) is 120 Å². The number of hydrogen-bond donors (Lipinski definition) is 1. The molecule has 2 aromatic carbocycles. The second-order valence-corrected chi connectivity index (χ2v) is 16.6. The van der Waals surface area contributed by atoms with E-state index in [1.165, 1.54) is 4.90 Å². The predicted octanol–water partition coefficient (Wildman–Crippen LogP) is 4.92. The number of nitrogens with zero attached hydrogens (tertiary/aromatic N) is 5. The lowest BCUT2D eigenvalue weighted by atomic mass is 9.98. The van der Waals surface area contributed by atoms with Crippen molar-refractivity contribution in [3.63, 3.8) is 0 Å². The highest BCUT2D eigenvalue weighted by molar-refractivity contribution is 5.96. The van der Waals surface area contributed by atoms with Gasteiger partial charge in [0.2, 0.25) is 29.5 Å². The molecule has 58 heavy (non-hydrogen) atoms. The smallest absolute Gasteiger partial charge is 0.410 e. The van der Waals surface area contributed by atoms with Crippen LogP contribution < -0.4 is 5.32 Å². The molecular weight excluding hydrogens is 737 g/mol. The summed E-state index contributed by atoms with van der Waals surface area (Å²) in [6.07, 6.45) is 8.05. The molecule has 0 aromatic heterocycles. The zero-order valence-electron chi connectivity index (χ0n) is 34.2. The highest BCUT2D eigenvalue weighted by Gasteiger charge is 2.48. The van der Waals surface area contributed by atoms with Gasteiger partial charge >= 0.3 is 6.09 Å². The molecule has 5 aliphatic rings. The highest BCUT2D eigenvalue weighted by Crippen LogP contribution is 2.44. The molecular formula is C45H60N6O7. The molecule has 0 bridgehead atoms. The molecule has 13 heteroatoms. The molecule has 6 amide bonds. The van der Waals surface area contributed by atoms with Crippen molar-refractivity contribution in [2.24, 2.45) is 0 Å². The number of hydrogen-bond acceptors (Lipinski definition) is 7. The Morgan fingerprint density at radius 3 is 1.69 bits per heavy atom. The lowest BCUT2D eigenvalue weighted by Crippen LogP contribution is -2.57. The molecule has 1 N–H and O–H groups in total. The van der Waals surface area contributed by atoms with Gasteiger partial charge in [0.25, 0.3) is 0 Å². The van der Waals surface area contributed by atoms with Gasteiger partial charge in [-0.1, -0.05) is 61.9 Å². The first-order valence-corrected chi connectivity index (χ1v) is 21.7. The fraction of sp³-hybridized carbons (Fsp3) is 0.600. The summed E-state index contributed by atoms with van der Waals surface area (Å²) in [5, 5.41) is 2.89. The number of ether oxygens (including phenoxy) is 1. The molecule has 312 valence electrons. The quantitative estimate of drug-likeness (QED) is 0.268. The van der Waals surface area contributed by atoms with E-state index in [1.54, 1.807) is 26.6 Å². The third-order valence-electron chi connectivity index (χ3n) is 12.9. The van der Waals surface area contributed by atoms with Crippen LogP contribution in [0.1, 0.15) is 107 Å². The first kappa shape index (κ1) is 41.2. The molecule has 1 aliphatic carbocycles. The first-order chi connectivity index (χ1) is 28.2. The number of likely N-dealkylation sites (N-methyl/N-ethyl adjacent to an activating group) is 1. The van der Waals surface area contributed by atoms with Crippen molar-refractivity contribution in [3.8, 4) is 11.1 Å². The summed E-state index contributed by atoms with van der Waals surface area (Å²) in [5.41, 5.74) is 4.53. The van der Waals surface area contributed by atoms with E-state index >= 15 is 0 Å².